The van der Waals surface area contributed by atoms with E-state index in [1.807, 2.05) is 24.3 Å². The van der Waals surface area contributed by atoms with Crippen molar-refractivity contribution >= 4 is 17.7 Å². The van der Waals surface area contributed by atoms with E-state index in [1.54, 1.807) is 31.0 Å². The Morgan fingerprint density at radius 1 is 1.08 bits per heavy atom. The van der Waals surface area contributed by atoms with Crippen LogP contribution in [0.2, 0.25) is 0 Å². The molecule has 24 heavy (non-hydrogen) atoms. The Labute approximate surface area is 146 Å². The van der Waals surface area contributed by atoms with Gasteiger partial charge < -0.3 is 10.1 Å². The minimum absolute atomic E-state index is 0.0487. The largest absolute Gasteiger partial charge is 0.497 e. The zero-order valence-electron chi connectivity index (χ0n) is 13.8. The number of aryl methyl sites for hydroxylation is 1. The molecule has 0 aromatic heterocycles. The predicted molar refractivity (Wildman–Crippen MR) is 96.9 cm³/mol. The van der Waals surface area contributed by atoms with Gasteiger partial charge in [-0.1, -0.05) is 24.3 Å². The summed E-state index contributed by atoms with van der Waals surface area (Å²) in [6.07, 6.45) is 1.68. The Kier molecular flexibility index (Phi) is 7.62. The summed E-state index contributed by atoms with van der Waals surface area (Å²) in [5, 5.41) is 2.91. The lowest BCUT2D eigenvalue weighted by molar-refractivity contribution is -0.118. The Morgan fingerprint density at radius 2 is 1.75 bits per heavy atom. The van der Waals surface area contributed by atoms with E-state index >= 15 is 0 Å². The molecule has 0 aliphatic heterocycles. The first-order chi connectivity index (χ1) is 11.7. The molecule has 0 saturated heterocycles. The Bertz CT molecular complexity index is 629. The van der Waals surface area contributed by atoms with Crippen LogP contribution in [0.25, 0.3) is 0 Å². The summed E-state index contributed by atoms with van der Waals surface area (Å²) in [7, 11) is 1.64. The fourth-order valence-electron chi connectivity index (χ4n) is 2.21. The summed E-state index contributed by atoms with van der Waals surface area (Å²) in [5.74, 6) is 1.91. The summed E-state index contributed by atoms with van der Waals surface area (Å²) in [6, 6.07) is 14.3. The number of methoxy groups -OCH3 is 1. The second-order valence-electron chi connectivity index (χ2n) is 5.42. The van der Waals surface area contributed by atoms with Gasteiger partial charge in [0.25, 0.3) is 0 Å². The molecule has 1 N–H and O–H groups in total. The highest BCUT2D eigenvalue weighted by Crippen LogP contribution is 2.16. The van der Waals surface area contributed by atoms with Gasteiger partial charge in [0.2, 0.25) is 5.91 Å². The molecule has 0 radical (unpaired) electrons. The summed E-state index contributed by atoms with van der Waals surface area (Å²) in [4.78, 5) is 11.8. The molecule has 128 valence electrons. The number of rotatable bonds is 9. The third-order valence-electron chi connectivity index (χ3n) is 3.54. The maximum absolute atomic E-state index is 12.8. The molecule has 0 fully saturated rings. The van der Waals surface area contributed by atoms with Crippen molar-refractivity contribution in [2.24, 2.45) is 0 Å². The Balaban J connectivity index is 1.56. The van der Waals surface area contributed by atoms with Gasteiger partial charge in [-0.25, -0.2) is 4.39 Å². The van der Waals surface area contributed by atoms with E-state index in [4.69, 9.17) is 4.74 Å². The number of amides is 1. The lowest BCUT2D eigenvalue weighted by Gasteiger charge is -2.06. The molecule has 0 atom stereocenters. The smallest absolute Gasteiger partial charge is 0.230 e. The van der Waals surface area contributed by atoms with Gasteiger partial charge in [-0.3, -0.25) is 4.79 Å². The second-order valence-corrected chi connectivity index (χ2v) is 6.41. The zero-order chi connectivity index (χ0) is 17.2. The lowest BCUT2D eigenvalue weighted by Crippen LogP contribution is -2.26. The van der Waals surface area contributed by atoms with Crippen molar-refractivity contribution in [3.8, 4) is 5.75 Å². The van der Waals surface area contributed by atoms with Crippen molar-refractivity contribution in [3.05, 3.63) is 65.5 Å². The highest BCUT2D eigenvalue weighted by molar-refractivity contribution is 7.99. The summed E-state index contributed by atoms with van der Waals surface area (Å²) < 4.78 is 17.9. The third kappa shape index (κ3) is 6.62. The summed E-state index contributed by atoms with van der Waals surface area (Å²) in [5.41, 5.74) is 2.25. The van der Waals surface area contributed by atoms with E-state index in [1.165, 1.54) is 17.7 Å². The Hall–Kier alpha value is -2.01. The fourth-order valence-corrected chi connectivity index (χ4v) is 3.02. The van der Waals surface area contributed by atoms with Crippen molar-refractivity contribution in [2.75, 3.05) is 19.4 Å². The van der Waals surface area contributed by atoms with Gasteiger partial charge in [0.05, 0.1) is 12.9 Å². The molecule has 2 aromatic carbocycles. The van der Waals surface area contributed by atoms with E-state index in [2.05, 4.69) is 5.32 Å². The van der Waals surface area contributed by atoms with Gasteiger partial charge in [-0.15, -0.1) is 11.8 Å². The van der Waals surface area contributed by atoms with Crippen LogP contribution in [-0.4, -0.2) is 25.3 Å². The number of ether oxygens (including phenoxy) is 1. The standard InChI is InChI=1S/C19H22FNO2S/c1-23-18-10-6-16(7-11-18)13-24-14-19(22)21-12-2-3-15-4-8-17(20)9-5-15/h4-11H,2-3,12-14H2,1H3,(H,21,22). The first-order valence-corrected chi connectivity index (χ1v) is 9.04. The number of nitrogens with one attached hydrogen (secondary N) is 1. The highest BCUT2D eigenvalue weighted by Gasteiger charge is 2.02. The monoisotopic (exact) mass is 347 g/mol. The molecule has 0 aliphatic rings. The van der Waals surface area contributed by atoms with Crippen molar-refractivity contribution in [1.82, 2.24) is 5.32 Å². The topological polar surface area (TPSA) is 38.3 Å². The molecular weight excluding hydrogens is 325 g/mol. The molecular formula is C19H22FNO2S. The van der Waals surface area contributed by atoms with Crippen molar-refractivity contribution in [1.29, 1.82) is 0 Å². The molecule has 0 heterocycles. The zero-order valence-corrected chi connectivity index (χ0v) is 14.6. The molecule has 0 spiro atoms. The van der Waals surface area contributed by atoms with Crippen molar-refractivity contribution in [2.45, 2.75) is 18.6 Å². The number of hydrogen-bond acceptors (Lipinski definition) is 3. The van der Waals surface area contributed by atoms with E-state index in [9.17, 15) is 9.18 Å². The number of hydrogen-bond donors (Lipinski definition) is 1. The minimum Gasteiger partial charge on any atom is -0.497 e. The van der Waals surface area contributed by atoms with E-state index in [0.717, 1.165) is 29.9 Å². The van der Waals surface area contributed by atoms with Crippen LogP contribution in [0.15, 0.2) is 48.5 Å². The van der Waals surface area contributed by atoms with Crippen LogP contribution in [-0.2, 0) is 17.0 Å². The van der Waals surface area contributed by atoms with Crippen LogP contribution < -0.4 is 10.1 Å². The van der Waals surface area contributed by atoms with E-state index in [-0.39, 0.29) is 11.7 Å². The second kappa shape index (κ2) is 9.98. The van der Waals surface area contributed by atoms with Gasteiger partial charge in [0, 0.05) is 12.3 Å². The molecule has 2 rings (SSSR count). The molecule has 2 aromatic rings. The van der Waals surface area contributed by atoms with Crippen LogP contribution in [0.5, 0.6) is 5.75 Å². The number of halogens is 1. The van der Waals surface area contributed by atoms with Gasteiger partial charge in [0.1, 0.15) is 11.6 Å². The number of carbonyl (C=O) groups excluding carboxylic acids is 1. The molecule has 0 unspecified atom stereocenters. The van der Waals surface area contributed by atoms with E-state index < -0.39 is 0 Å². The fraction of sp³-hybridized carbons (Fsp3) is 0.316. The van der Waals surface area contributed by atoms with Crippen LogP contribution in [0.3, 0.4) is 0 Å². The van der Waals surface area contributed by atoms with E-state index in [0.29, 0.717) is 12.3 Å². The SMILES string of the molecule is COc1ccc(CSCC(=O)NCCCc2ccc(F)cc2)cc1. The average Bonchev–Trinajstić information content (AvgIpc) is 2.61. The third-order valence-corrected chi connectivity index (χ3v) is 4.54. The predicted octanol–water partition coefficient (Wildman–Crippen LogP) is 3.82. The number of benzene rings is 2. The molecule has 3 nitrogen and oxygen atoms in total. The maximum atomic E-state index is 12.8. The van der Waals surface area contributed by atoms with Crippen LogP contribution in [0, 0.1) is 5.82 Å². The molecule has 0 bridgehead atoms. The number of thioether (sulfide) groups is 1. The molecule has 0 aliphatic carbocycles. The van der Waals surface area contributed by atoms with Crippen LogP contribution in [0.1, 0.15) is 17.5 Å². The van der Waals surface area contributed by atoms with Gasteiger partial charge in [-0.05, 0) is 48.2 Å². The van der Waals surface area contributed by atoms with Crippen molar-refractivity contribution < 1.29 is 13.9 Å². The minimum atomic E-state index is -0.221. The van der Waals surface area contributed by atoms with Gasteiger partial charge >= 0.3 is 0 Å². The van der Waals surface area contributed by atoms with Gasteiger partial charge in [0.15, 0.2) is 0 Å². The molecule has 1 amide bonds. The normalized spacial score (nSPS) is 10.4. The maximum Gasteiger partial charge on any atom is 0.230 e. The summed E-state index contributed by atoms with van der Waals surface area (Å²) >= 11 is 1.59. The Morgan fingerprint density at radius 3 is 2.42 bits per heavy atom. The first-order valence-electron chi connectivity index (χ1n) is 7.89. The van der Waals surface area contributed by atoms with Crippen LogP contribution >= 0.6 is 11.8 Å². The van der Waals surface area contributed by atoms with Crippen LogP contribution in [0.4, 0.5) is 4.39 Å². The van der Waals surface area contributed by atoms with Gasteiger partial charge in [-0.2, -0.15) is 0 Å². The molecule has 5 heteroatoms. The quantitative estimate of drug-likeness (QED) is 0.701. The average molecular weight is 347 g/mol. The first kappa shape index (κ1) is 18.3. The highest BCUT2D eigenvalue weighted by atomic mass is 32.2. The summed E-state index contributed by atoms with van der Waals surface area (Å²) in [6.45, 7) is 0.638. The number of carbonyl (C=O) groups is 1. The van der Waals surface area contributed by atoms with Crippen molar-refractivity contribution in [3.63, 3.8) is 0 Å². The molecule has 0 saturated carbocycles. The lowest BCUT2D eigenvalue weighted by atomic mass is 10.1.